The second-order valence-corrected chi connectivity index (χ2v) is 3.75. The Morgan fingerprint density at radius 3 is 2.45 bits per heavy atom. The molecule has 0 aromatic heterocycles. The number of nitrogens with two attached hydrogens (primary N) is 1. The van der Waals surface area contributed by atoms with Crippen LogP contribution in [0.1, 0.15) is 0 Å². The Morgan fingerprint density at radius 2 is 2.09 bits per heavy atom. The van der Waals surface area contributed by atoms with E-state index < -0.39 is 0 Å². The fraction of sp³-hybridized carbons (Fsp3) is 1.00. The van der Waals surface area contributed by atoms with Gasteiger partial charge in [0.2, 0.25) is 0 Å². The van der Waals surface area contributed by atoms with Crippen molar-refractivity contribution in [2.45, 2.75) is 6.04 Å². The maximum Gasteiger partial charge on any atom is 0.0269 e. The average Bonchev–Trinajstić information content (AvgIpc) is 2.30. The lowest BCUT2D eigenvalue weighted by Gasteiger charge is -2.23. The van der Waals surface area contributed by atoms with Gasteiger partial charge in [-0.2, -0.15) is 0 Å². The molecule has 2 unspecified atom stereocenters. The monoisotopic (exact) mass is 157 g/mol. The van der Waals surface area contributed by atoms with E-state index in [2.05, 4.69) is 30.9 Å². The van der Waals surface area contributed by atoms with Crippen molar-refractivity contribution in [1.82, 2.24) is 9.80 Å². The zero-order chi connectivity index (χ0) is 8.43. The Bertz CT molecular complexity index is 125. The van der Waals surface area contributed by atoms with Gasteiger partial charge in [-0.15, -0.1) is 0 Å². The molecule has 0 spiro atoms. The average molecular weight is 157 g/mol. The predicted molar refractivity (Wildman–Crippen MR) is 47.5 cm³/mol. The van der Waals surface area contributed by atoms with Gasteiger partial charge in [0, 0.05) is 25.0 Å². The van der Waals surface area contributed by atoms with Gasteiger partial charge < -0.3 is 15.5 Å². The van der Waals surface area contributed by atoms with Crippen LogP contribution < -0.4 is 5.73 Å². The standard InChI is InChI=1S/C8H19N3/c1-10(2)8-6-11(3)5-7(8)4-9/h7-8H,4-6,9H2,1-3H3. The third-order valence-corrected chi connectivity index (χ3v) is 2.56. The Kier molecular flexibility index (Phi) is 2.87. The molecule has 0 aromatic rings. The summed E-state index contributed by atoms with van der Waals surface area (Å²) in [6.07, 6.45) is 0. The number of hydrogen-bond acceptors (Lipinski definition) is 3. The van der Waals surface area contributed by atoms with E-state index in [0.29, 0.717) is 12.0 Å². The van der Waals surface area contributed by atoms with Gasteiger partial charge in [-0.25, -0.2) is 0 Å². The molecule has 0 amide bonds. The van der Waals surface area contributed by atoms with E-state index in [1.54, 1.807) is 0 Å². The molecule has 1 rings (SSSR count). The largest absolute Gasteiger partial charge is 0.330 e. The Morgan fingerprint density at radius 1 is 1.45 bits per heavy atom. The quantitative estimate of drug-likeness (QED) is 0.583. The summed E-state index contributed by atoms with van der Waals surface area (Å²) >= 11 is 0. The van der Waals surface area contributed by atoms with E-state index in [1.165, 1.54) is 0 Å². The summed E-state index contributed by atoms with van der Waals surface area (Å²) in [5, 5.41) is 0. The van der Waals surface area contributed by atoms with Crippen molar-refractivity contribution in [3.63, 3.8) is 0 Å². The predicted octanol–water partition coefficient (Wildman–Crippen LogP) is -0.563. The van der Waals surface area contributed by atoms with Gasteiger partial charge in [0.15, 0.2) is 0 Å². The molecule has 0 radical (unpaired) electrons. The fourth-order valence-corrected chi connectivity index (χ4v) is 1.88. The number of likely N-dealkylation sites (N-methyl/N-ethyl adjacent to an activating group) is 2. The molecule has 0 saturated carbocycles. The van der Waals surface area contributed by atoms with Crippen LogP contribution in [0.4, 0.5) is 0 Å². The molecule has 1 aliphatic heterocycles. The minimum Gasteiger partial charge on any atom is -0.330 e. The van der Waals surface area contributed by atoms with Crippen LogP contribution in [0, 0.1) is 5.92 Å². The van der Waals surface area contributed by atoms with Gasteiger partial charge in [-0.1, -0.05) is 0 Å². The highest BCUT2D eigenvalue weighted by atomic mass is 15.2. The van der Waals surface area contributed by atoms with Crippen LogP contribution in [0.25, 0.3) is 0 Å². The van der Waals surface area contributed by atoms with E-state index in [9.17, 15) is 0 Å². The summed E-state index contributed by atoms with van der Waals surface area (Å²) in [7, 11) is 6.42. The van der Waals surface area contributed by atoms with Crippen LogP contribution in [0.3, 0.4) is 0 Å². The van der Waals surface area contributed by atoms with Crippen molar-refractivity contribution in [3.05, 3.63) is 0 Å². The van der Waals surface area contributed by atoms with E-state index in [4.69, 9.17) is 5.73 Å². The van der Waals surface area contributed by atoms with Gasteiger partial charge in [-0.3, -0.25) is 0 Å². The molecule has 0 aromatic carbocycles. The minimum atomic E-state index is 0.657. The fourth-order valence-electron chi connectivity index (χ4n) is 1.88. The van der Waals surface area contributed by atoms with Crippen LogP contribution in [-0.2, 0) is 0 Å². The molecule has 2 N–H and O–H groups in total. The van der Waals surface area contributed by atoms with Gasteiger partial charge in [0.25, 0.3) is 0 Å². The molecule has 1 saturated heterocycles. The second kappa shape index (κ2) is 3.52. The lowest BCUT2D eigenvalue weighted by Crippen LogP contribution is -2.38. The summed E-state index contributed by atoms with van der Waals surface area (Å²) in [5.74, 6) is 0.662. The molecule has 2 atom stereocenters. The molecule has 66 valence electrons. The number of nitrogens with zero attached hydrogens (tertiary/aromatic N) is 2. The minimum absolute atomic E-state index is 0.657. The van der Waals surface area contributed by atoms with Gasteiger partial charge >= 0.3 is 0 Å². The summed E-state index contributed by atoms with van der Waals surface area (Å²) in [5.41, 5.74) is 5.67. The van der Waals surface area contributed by atoms with Crippen LogP contribution in [0.5, 0.6) is 0 Å². The smallest absolute Gasteiger partial charge is 0.0269 e. The first-order chi connectivity index (χ1) is 5.15. The molecule has 1 fully saturated rings. The Hall–Kier alpha value is -0.120. The molecule has 1 aliphatic rings. The topological polar surface area (TPSA) is 32.5 Å². The van der Waals surface area contributed by atoms with Crippen molar-refractivity contribution in [2.75, 3.05) is 40.8 Å². The van der Waals surface area contributed by atoms with E-state index in [-0.39, 0.29) is 0 Å². The van der Waals surface area contributed by atoms with E-state index in [0.717, 1.165) is 19.6 Å². The van der Waals surface area contributed by atoms with E-state index in [1.807, 2.05) is 0 Å². The summed E-state index contributed by atoms with van der Waals surface area (Å²) < 4.78 is 0. The Labute approximate surface area is 69.1 Å². The maximum atomic E-state index is 5.67. The summed E-state index contributed by atoms with van der Waals surface area (Å²) in [6.45, 7) is 3.13. The highest BCUT2D eigenvalue weighted by Gasteiger charge is 2.30. The van der Waals surface area contributed by atoms with Crippen LogP contribution in [-0.4, -0.2) is 56.6 Å². The zero-order valence-electron chi connectivity index (χ0n) is 7.75. The maximum absolute atomic E-state index is 5.67. The second-order valence-electron chi connectivity index (χ2n) is 3.75. The van der Waals surface area contributed by atoms with E-state index >= 15 is 0 Å². The first-order valence-electron chi connectivity index (χ1n) is 4.20. The molecular formula is C8H19N3. The summed E-state index contributed by atoms with van der Waals surface area (Å²) in [6, 6.07) is 0.657. The van der Waals surface area contributed by atoms with Crippen molar-refractivity contribution >= 4 is 0 Å². The third-order valence-electron chi connectivity index (χ3n) is 2.56. The zero-order valence-corrected chi connectivity index (χ0v) is 7.75. The Balaban J connectivity index is 2.50. The van der Waals surface area contributed by atoms with Gasteiger partial charge in [-0.05, 0) is 27.7 Å². The highest BCUT2D eigenvalue weighted by Crippen LogP contribution is 2.17. The molecule has 11 heavy (non-hydrogen) atoms. The van der Waals surface area contributed by atoms with Crippen LogP contribution in [0.2, 0.25) is 0 Å². The van der Waals surface area contributed by atoms with Crippen molar-refractivity contribution in [3.8, 4) is 0 Å². The van der Waals surface area contributed by atoms with Crippen LogP contribution >= 0.6 is 0 Å². The number of rotatable bonds is 2. The SMILES string of the molecule is CN1CC(CN)C(N(C)C)C1. The molecule has 3 nitrogen and oxygen atoms in total. The van der Waals surface area contributed by atoms with Crippen molar-refractivity contribution in [1.29, 1.82) is 0 Å². The first-order valence-corrected chi connectivity index (χ1v) is 4.20. The third kappa shape index (κ3) is 1.92. The normalized spacial score (nSPS) is 33.5. The van der Waals surface area contributed by atoms with Crippen LogP contribution in [0.15, 0.2) is 0 Å². The molecule has 0 bridgehead atoms. The van der Waals surface area contributed by atoms with Crippen molar-refractivity contribution < 1.29 is 0 Å². The lowest BCUT2D eigenvalue weighted by atomic mass is 10.0. The van der Waals surface area contributed by atoms with Crippen molar-refractivity contribution in [2.24, 2.45) is 11.7 Å². The molecular weight excluding hydrogens is 138 g/mol. The number of hydrogen-bond donors (Lipinski definition) is 1. The molecule has 3 heteroatoms. The summed E-state index contributed by atoms with van der Waals surface area (Å²) in [4.78, 5) is 4.63. The first kappa shape index (κ1) is 8.97. The van der Waals surface area contributed by atoms with Gasteiger partial charge in [0.1, 0.15) is 0 Å². The molecule has 1 heterocycles. The molecule has 0 aliphatic carbocycles. The van der Waals surface area contributed by atoms with Gasteiger partial charge in [0.05, 0.1) is 0 Å². The lowest BCUT2D eigenvalue weighted by molar-refractivity contribution is 0.253. The number of likely N-dealkylation sites (tertiary alicyclic amines) is 1. The highest BCUT2D eigenvalue weighted by molar-refractivity contribution is 4.87.